The second-order valence-electron chi connectivity index (χ2n) is 6.12. The van der Waals surface area contributed by atoms with Gasteiger partial charge in [-0.1, -0.05) is 48.5 Å². The van der Waals surface area contributed by atoms with Gasteiger partial charge in [0.15, 0.2) is 0 Å². The van der Waals surface area contributed by atoms with Crippen LogP contribution < -0.4 is 5.22 Å². The Morgan fingerprint density at radius 2 is 1.71 bits per heavy atom. The fourth-order valence-electron chi connectivity index (χ4n) is 4.01. The summed E-state index contributed by atoms with van der Waals surface area (Å²) in [5, 5.41) is 9.47. The first-order valence-electron chi connectivity index (χ1n) is 7.44. The minimum atomic E-state index is 0.291. The molecule has 21 heavy (non-hydrogen) atoms. The molecule has 0 spiro atoms. The highest BCUT2D eigenvalue weighted by atomic mass is 16.6. The molecule has 0 saturated carbocycles. The molecule has 0 radical (unpaired) electrons. The van der Waals surface area contributed by atoms with E-state index >= 15 is 0 Å². The van der Waals surface area contributed by atoms with Gasteiger partial charge in [-0.05, 0) is 55.2 Å². The van der Waals surface area contributed by atoms with Crippen LogP contribution in [0.2, 0.25) is 0 Å². The molecule has 1 nitrogen and oxygen atoms in total. The van der Waals surface area contributed by atoms with Crippen LogP contribution >= 0.6 is 0 Å². The zero-order valence-corrected chi connectivity index (χ0v) is 11.3. The zero-order valence-electron chi connectivity index (χ0n) is 11.3. The van der Waals surface area contributed by atoms with Crippen LogP contribution in [-0.4, -0.2) is 6.10 Å². The van der Waals surface area contributed by atoms with Gasteiger partial charge in [0.2, 0.25) is 0 Å². The highest BCUT2D eigenvalue weighted by Gasteiger charge is 2.41. The summed E-state index contributed by atoms with van der Waals surface area (Å²) in [4.78, 5) is 0. The summed E-state index contributed by atoms with van der Waals surface area (Å²) < 4.78 is 5.79. The minimum absolute atomic E-state index is 0.291. The summed E-state index contributed by atoms with van der Waals surface area (Å²) in [5.74, 6) is 0. The zero-order chi connectivity index (χ0) is 13.6. The van der Waals surface area contributed by atoms with Gasteiger partial charge in [0.05, 0.1) is 0 Å². The molecular formula is C20H12O. The van der Waals surface area contributed by atoms with Gasteiger partial charge < -0.3 is 4.74 Å². The highest BCUT2D eigenvalue weighted by molar-refractivity contribution is 6.22. The van der Waals surface area contributed by atoms with Crippen molar-refractivity contribution in [3.05, 3.63) is 65.4 Å². The summed E-state index contributed by atoms with van der Waals surface area (Å²) >= 11 is 0. The van der Waals surface area contributed by atoms with Crippen LogP contribution in [0, 0.1) is 0 Å². The van der Waals surface area contributed by atoms with Gasteiger partial charge >= 0.3 is 0 Å². The van der Waals surface area contributed by atoms with E-state index in [0.717, 1.165) is 0 Å². The molecule has 1 aliphatic heterocycles. The Bertz CT molecular complexity index is 1120. The molecule has 1 saturated heterocycles. The molecule has 2 atom stereocenters. The van der Waals surface area contributed by atoms with Crippen molar-refractivity contribution in [2.24, 2.45) is 0 Å². The number of benzene rings is 4. The van der Waals surface area contributed by atoms with Crippen molar-refractivity contribution in [2.75, 3.05) is 0 Å². The van der Waals surface area contributed by atoms with E-state index in [1.807, 2.05) is 0 Å². The van der Waals surface area contributed by atoms with Gasteiger partial charge in [0, 0.05) is 0 Å². The Morgan fingerprint density at radius 3 is 2.71 bits per heavy atom. The van der Waals surface area contributed by atoms with E-state index in [4.69, 9.17) is 4.74 Å². The third kappa shape index (κ3) is 1.17. The van der Waals surface area contributed by atoms with Crippen molar-refractivity contribution < 1.29 is 4.74 Å². The molecule has 98 valence electrons. The van der Waals surface area contributed by atoms with Crippen molar-refractivity contribution in [3.63, 3.8) is 0 Å². The average Bonchev–Trinajstić information content (AvgIpc) is 3.30. The van der Waals surface area contributed by atoms with Crippen LogP contribution in [0.1, 0.15) is 11.7 Å². The Kier molecular flexibility index (Phi) is 1.61. The van der Waals surface area contributed by atoms with Crippen LogP contribution in [0.4, 0.5) is 0 Å². The molecule has 2 aliphatic rings. The van der Waals surface area contributed by atoms with Crippen molar-refractivity contribution in [3.8, 4) is 0 Å². The van der Waals surface area contributed by atoms with Gasteiger partial charge in [-0.3, -0.25) is 0 Å². The molecule has 0 amide bonds. The van der Waals surface area contributed by atoms with Gasteiger partial charge in [-0.15, -0.1) is 0 Å². The van der Waals surface area contributed by atoms with Crippen molar-refractivity contribution in [1.82, 2.24) is 0 Å². The van der Waals surface area contributed by atoms with Crippen molar-refractivity contribution >= 4 is 38.4 Å². The standard InChI is InChI=1S/C20H12O/c1-2-4-14-11(3-1)9-12-6-8-16-19-13(10-17-20(16)21-17)5-7-15(14)18(12)19/h1-10,17,20H. The number of rotatable bonds is 0. The Labute approximate surface area is 121 Å². The third-order valence-electron chi connectivity index (χ3n) is 5.00. The number of epoxide rings is 1. The third-order valence-corrected chi connectivity index (χ3v) is 5.00. The quantitative estimate of drug-likeness (QED) is 0.266. The van der Waals surface area contributed by atoms with Crippen molar-refractivity contribution in [1.29, 1.82) is 0 Å². The lowest BCUT2D eigenvalue weighted by Gasteiger charge is -2.14. The fraction of sp³-hybridized carbons (Fsp3) is 0.100. The molecule has 1 heterocycles. The Hall–Kier alpha value is -2.38. The molecule has 0 bridgehead atoms. The lowest BCUT2D eigenvalue weighted by Crippen LogP contribution is -2.11. The summed E-state index contributed by atoms with van der Waals surface area (Å²) in [5.41, 5.74) is 1.37. The normalized spacial score (nSPS) is 22.5. The van der Waals surface area contributed by atoms with Crippen LogP contribution in [0.3, 0.4) is 0 Å². The lowest BCUT2D eigenvalue weighted by atomic mass is 9.88. The van der Waals surface area contributed by atoms with Crippen LogP contribution in [-0.2, 0) is 4.74 Å². The smallest absolute Gasteiger partial charge is 0.114 e. The molecule has 0 N–H and O–H groups in total. The largest absolute Gasteiger partial charge is 0.360 e. The van der Waals surface area contributed by atoms with E-state index < -0.39 is 0 Å². The van der Waals surface area contributed by atoms with Gasteiger partial charge in [0.1, 0.15) is 12.2 Å². The number of ether oxygens (including phenoxy) is 1. The van der Waals surface area contributed by atoms with Crippen LogP contribution in [0.15, 0.2) is 54.6 Å². The van der Waals surface area contributed by atoms with E-state index in [1.165, 1.54) is 43.1 Å². The van der Waals surface area contributed by atoms with Gasteiger partial charge in [-0.25, -0.2) is 0 Å². The van der Waals surface area contributed by atoms with E-state index in [1.54, 1.807) is 0 Å². The Balaban J connectivity index is 1.99. The number of hydrogen-bond acceptors (Lipinski definition) is 1. The summed E-state index contributed by atoms with van der Waals surface area (Å²) in [7, 11) is 0. The molecule has 4 aromatic carbocycles. The summed E-state index contributed by atoms with van der Waals surface area (Å²) in [6.07, 6.45) is 2.87. The fourth-order valence-corrected chi connectivity index (χ4v) is 4.01. The first-order chi connectivity index (χ1) is 10.4. The van der Waals surface area contributed by atoms with E-state index in [-0.39, 0.29) is 0 Å². The van der Waals surface area contributed by atoms with Gasteiger partial charge in [-0.2, -0.15) is 0 Å². The first-order valence-corrected chi connectivity index (χ1v) is 7.44. The second kappa shape index (κ2) is 3.26. The van der Waals surface area contributed by atoms with E-state index in [0.29, 0.717) is 12.2 Å². The van der Waals surface area contributed by atoms with E-state index in [2.05, 4.69) is 60.7 Å². The maximum atomic E-state index is 5.79. The molecule has 6 rings (SSSR count). The number of fused-ring (bicyclic) bond motifs is 4. The summed E-state index contributed by atoms with van der Waals surface area (Å²) in [6.45, 7) is 0. The van der Waals surface area contributed by atoms with Crippen molar-refractivity contribution in [2.45, 2.75) is 12.2 Å². The van der Waals surface area contributed by atoms with Crippen LogP contribution in [0.25, 0.3) is 38.4 Å². The van der Waals surface area contributed by atoms with E-state index in [9.17, 15) is 0 Å². The predicted octanol–water partition coefficient (Wildman–Crippen LogP) is 4.10. The molecular weight excluding hydrogens is 256 g/mol. The Morgan fingerprint density at radius 1 is 0.762 bits per heavy atom. The lowest BCUT2D eigenvalue weighted by molar-refractivity contribution is 0.401. The second-order valence-corrected chi connectivity index (χ2v) is 6.12. The minimum Gasteiger partial charge on any atom is -0.360 e. The topological polar surface area (TPSA) is 12.5 Å². The molecule has 2 unspecified atom stereocenters. The maximum absolute atomic E-state index is 5.79. The number of hydrogen-bond donors (Lipinski definition) is 0. The average molecular weight is 268 g/mol. The molecule has 0 aromatic heterocycles. The van der Waals surface area contributed by atoms with Gasteiger partial charge in [0.25, 0.3) is 0 Å². The highest BCUT2D eigenvalue weighted by Crippen LogP contribution is 2.46. The predicted molar refractivity (Wildman–Crippen MR) is 86.3 cm³/mol. The maximum Gasteiger partial charge on any atom is 0.114 e. The molecule has 1 heteroatoms. The molecule has 1 aliphatic carbocycles. The molecule has 1 fully saturated rings. The monoisotopic (exact) mass is 268 g/mol. The molecule has 4 aromatic rings. The SMILES string of the molecule is C1=c2ccc3c4ccccc4cc4ccc(c2c43)C2OC12. The van der Waals surface area contributed by atoms with Crippen LogP contribution in [0.5, 0.6) is 0 Å². The summed E-state index contributed by atoms with van der Waals surface area (Å²) in [6, 6.07) is 20.0. The first kappa shape index (κ1) is 10.4.